The Morgan fingerprint density at radius 3 is 2.50 bits per heavy atom. The van der Waals surface area contributed by atoms with Crippen molar-refractivity contribution in [2.24, 2.45) is 5.92 Å². The van der Waals surface area contributed by atoms with E-state index in [1.807, 2.05) is 0 Å². The number of nitrogens with zero attached hydrogens (tertiary/aromatic N) is 1. The van der Waals surface area contributed by atoms with Crippen molar-refractivity contribution in [3.63, 3.8) is 0 Å². The van der Waals surface area contributed by atoms with Gasteiger partial charge in [0.15, 0.2) is 0 Å². The highest BCUT2D eigenvalue weighted by atomic mass is 19.1. The van der Waals surface area contributed by atoms with Crippen molar-refractivity contribution in [1.82, 2.24) is 5.32 Å². The molecule has 1 unspecified atom stereocenters. The van der Waals surface area contributed by atoms with E-state index in [2.05, 4.69) is 10.6 Å². The largest absolute Gasteiger partial charge is 0.336 e. The van der Waals surface area contributed by atoms with Gasteiger partial charge in [0.25, 0.3) is 0 Å². The fourth-order valence-corrected chi connectivity index (χ4v) is 2.55. The van der Waals surface area contributed by atoms with E-state index in [-0.39, 0.29) is 17.9 Å². The van der Waals surface area contributed by atoms with Gasteiger partial charge in [0.1, 0.15) is 17.6 Å². The molecule has 0 aliphatic carbocycles. The van der Waals surface area contributed by atoms with E-state index >= 15 is 0 Å². The molecule has 1 atom stereocenters. The fourth-order valence-electron chi connectivity index (χ4n) is 2.55. The lowest BCUT2D eigenvalue weighted by atomic mass is 10.0. The number of carbonyl (C=O) groups is 3. The maximum atomic E-state index is 13.6. The highest BCUT2D eigenvalue weighted by Crippen LogP contribution is 2.22. The lowest BCUT2D eigenvalue weighted by molar-refractivity contribution is -0.130. The van der Waals surface area contributed by atoms with Gasteiger partial charge in [-0.3, -0.25) is 9.59 Å². The number of anilines is 2. The number of hydrogen-bond acceptors (Lipinski definition) is 3. The smallest absolute Gasteiger partial charge is 0.328 e. The lowest BCUT2D eigenvalue weighted by Gasteiger charge is -2.30. The summed E-state index contributed by atoms with van der Waals surface area (Å²) in [5, 5.41) is 4.92. The summed E-state index contributed by atoms with van der Waals surface area (Å²) in [6, 6.07) is 8.21. The predicted octanol–water partition coefficient (Wildman–Crippen LogP) is 2.58. The summed E-state index contributed by atoms with van der Waals surface area (Å²) in [6.45, 7) is 1.40. The topological polar surface area (TPSA) is 78.5 Å². The van der Waals surface area contributed by atoms with E-state index in [1.165, 1.54) is 24.3 Å². The molecule has 8 heteroatoms. The molecular weight excluding hydrogens is 344 g/mol. The number of carbonyl (C=O) groups excluding carboxylic acids is 3. The molecule has 1 saturated heterocycles. The Kier molecular flexibility index (Phi) is 4.66. The summed E-state index contributed by atoms with van der Waals surface area (Å²) >= 11 is 0. The number of rotatable bonds is 3. The minimum absolute atomic E-state index is 0.146. The number of nitrogens with one attached hydrogen (secondary N) is 2. The molecule has 0 saturated carbocycles. The van der Waals surface area contributed by atoms with Gasteiger partial charge in [0.05, 0.1) is 5.69 Å². The van der Waals surface area contributed by atoms with Crippen LogP contribution in [0.4, 0.5) is 25.0 Å². The Morgan fingerprint density at radius 2 is 1.85 bits per heavy atom. The molecule has 1 fully saturated rings. The van der Waals surface area contributed by atoms with Gasteiger partial charge in [-0.15, -0.1) is 0 Å². The average molecular weight is 359 g/mol. The van der Waals surface area contributed by atoms with Crippen LogP contribution in [0.3, 0.4) is 0 Å². The molecule has 4 amide bonds. The molecule has 2 aromatic carbocycles. The zero-order chi connectivity index (χ0) is 18.8. The van der Waals surface area contributed by atoms with Gasteiger partial charge in [-0.25, -0.2) is 18.5 Å². The first kappa shape index (κ1) is 17.5. The summed E-state index contributed by atoms with van der Waals surface area (Å²) < 4.78 is 26.7. The van der Waals surface area contributed by atoms with Crippen LogP contribution in [0.1, 0.15) is 5.56 Å². The van der Waals surface area contributed by atoms with Crippen molar-refractivity contribution in [2.75, 3.05) is 16.8 Å². The second-order valence-electron chi connectivity index (χ2n) is 5.84. The van der Waals surface area contributed by atoms with Gasteiger partial charge in [0, 0.05) is 12.2 Å². The van der Waals surface area contributed by atoms with Crippen LogP contribution in [0.25, 0.3) is 0 Å². The van der Waals surface area contributed by atoms with Crippen molar-refractivity contribution in [2.45, 2.75) is 6.92 Å². The molecule has 0 aromatic heterocycles. The summed E-state index contributed by atoms with van der Waals surface area (Å²) in [7, 11) is 0. The first-order valence-electron chi connectivity index (χ1n) is 7.81. The van der Waals surface area contributed by atoms with Crippen LogP contribution in [-0.2, 0) is 9.59 Å². The van der Waals surface area contributed by atoms with Crippen LogP contribution in [-0.4, -0.2) is 24.4 Å². The van der Waals surface area contributed by atoms with Crippen LogP contribution in [0.15, 0.2) is 42.5 Å². The number of halogens is 2. The Bertz CT molecular complexity index is 884. The van der Waals surface area contributed by atoms with Gasteiger partial charge in [0.2, 0.25) is 11.8 Å². The second-order valence-corrected chi connectivity index (χ2v) is 5.84. The number of urea groups is 1. The molecule has 0 spiro atoms. The van der Waals surface area contributed by atoms with E-state index in [1.54, 1.807) is 6.92 Å². The van der Waals surface area contributed by atoms with Gasteiger partial charge in [-0.05, 0) is 48.9 Å². The average Bonchev–Trinajstić information content (AvgIpc) is 2.60. The lowest BCUT2D eigenvalue weighted by Crippen LogP contribution is -2.58. The third kappa shape index (κ3) is 3.39. The molecule has 1 heterocycles. The highest BCUT2D eigenvalue weighted by molar-refractivity contribution is 6.23. The first-order valence-corrected chi connectivity index (χ1v) is 7.81. The SMILES string of the molecule is Cc1ccc(NC(=O)C2CNC(=O)N(c3ccc(F)cc3)C2=O)cc1F. The summed E-state index contributed by atoms with van der Waals surface area (Å²) in [5.41, 5.74) is 0.774. The highest BCUT2D eigenvalue weighted by Gasteiger charge is 2.39. The molecule has 1 aliphatic heterocycles. The Balaban J connectivity index is 1.80. The maximum absolute atomic E-state index is 13.6. The predicted molar refractivity (Wildman–Crippen MR) is 90.5 cm³/mol. The van der Waals surface area contributed by atoms with E-state index < -0.39 is 35.4 Å². The third-order valence-corrected chi connectivity index (χ3v) is 4.02. The quantitative estimate of drug-likeness (QED) is 0.827. The first-order chi connectivity index (χ1) is 12.4. The molecule has 0 bridgehead atoms. The normalized spacial score (nSPS) is 17.0. The monoisotopic (exact) mass is 359 g/mol. The van der Waals surface area contributed by atoms with Gasteiger partial charge >= 0.3 is 6.03 Å². The minimum Gasteiger partial charge on any atom is -0.336 e. The molecule has 1 aliphatic rings. The molecule has 6 nitrogen and oxygen atoms in total. The van der Waals surface area contributed by atoms with Crippen LogP contribution < -0.4 is 15.5 Å². The Morgan fingerprint density at radius 1 is 1.15 bits per heavy atom. The van der Waals surface area contributed by atoms with Crippen LogP contribution >= 0.6 is 0 Å². The Labute approximate surface area is 147 Å². The molecular formula is C18H15F2N3O3. The number of hydrogen-bond donors (Lipinski definition) is 2. The molecule has 26 heavy (non-hydrogen) atoms. The zero-order valence-electron chi connectivity index (χ0n) is 13.8. The van der Waals surface area contributed by atoms with Crippen molar-refractivity contribution < 1.29 is 23.2 Å². The number of aryl methyl sites for hydroxylation is 1. The number of amides is 4. The zero-order valence-corrected chi connectivity index (χ0v) is 13.8. The van der Waals surface area contributed by atoms with Gasteiger partial charge in [-0.1, -0.05) is 6.07 Å². The number of imide groups is 1. The molecule has 2 N–H and O–H groups in total. The van der Waals surface area contributed by atoms with E-state index in [0.29, 0.717) is 5.56 Å². The van der Waals surface area contributed by atoms with E-state index in [0.717, 1.165) is 23.1 Å². The summed E-state index contributed by atoms with van der Waals surface area (Å²) in [4.78, 5) is 37.8. The Hall–Kier alpha value is -3.29. The van der Waals surface area contributed by atoms with Crippen molar-refractivity contribution >= 4 is 29.2 Å². The standard InChI is InChI=1S/C18H15F2N3O3/c1-10-2-5-12(8-15(10)20)22-16(24)14-9-21-18(26)23(17(14)25)13-6-3-11(19)4-7-13/h2-8,14H,9H2,1H3,(H,21,26)(H,22,24). The van der Waals surface area contributed by atoms with Crippen LogP contribution in [0.5, 0.6) is 0 Å². The van der Waals surface area contributed by atoms with Crippen LogP contribution in [0, 0.1) is 24.5 Å². The minimum atomic E-state index is -1.19. The van der Waals surface area contributed by atoms with E-state index in [9.17, 15) is 23.2 Å². The van der Waals surface area contributed by atoms with Crippen molar-refractivity contribution in [1.29, 1.82) is 0 Å². The maximum Gasteiger partial charge on any atom is 0.328 e. The van der Waals surface area contributed by atoms with Crippen LogP contribution in [0.2, 0.25) is 0 Å². The molecule has 2 aromatic rings. The molecule has 3 rings (SSSR count). The molecule has 134 valence electrons. The third-order valence-electron chi connectivity index (χ3n) is 4.02. The van der Waals surface area contributed by atoms with Gasteiger partial charge < -0.3 is 10.6 Å². The summed E-state index contributed by atoms with van der Waals surface area (Å²) in [5.74, 6) is -3.62. The van der Waals surface area contributed by atoms with Gasteiger partial charge in [-0.2, -0.15) is 0 Å². The van der Waals surface area contributed by atoms with Crippen molar-refractivity contribution in [3.05, 3.63) is 59.7 Å². The number of benzene rings is 2. The second kappa shape index (κ2) is 6.91. The van der Waals surface area contributed by atoms with E-state index in [4.69, 9.17) is 0 Å². The van der Waals surface area contributed by atoms with Crippen molar-refractivity contribution in [3.8, 4) is 0 Å². The fraction of sp³-hybridized carbons (Fsp3) is 0.167. The summed E-state index contributed by atoms with van der Waals surface area (Å²) in [6.07, 6.45) is 0. The molecule has 0 radical (unpaired) electrons.